The van der Waals surface area contributed by atoms with E-state index in [1.165, 1.54) is 18.2 Å². The number of nitrogen functional groups attached to an aromatic ring is 1. The average molecular weight is 672 g/mol. The zero-order chi connectivity index (χ0) is 29.3. The fourth-order valence-corrected chi connectivity index (χ4v) is 3.41. The topological polar surface area (TPSA) is 118 Å². The maximum Gasteiger partial charge on any atom is 0.337 e. The van der Waals surface area contributed by atoms with Gasteiger partial charge in [0.25, 0.3) is 5.91 Å². The molecule has 0 radical (unpaired) electrons. The molecule has 204 valence electrons. The lowest BCUT2D eigenvalue weighted by Gasteiger charge is -2.08. The van der Waals surface area contributed by atoms with Crippen LogP contribution in [-0.2, 0) is 0 Å². The van der Waals surface area contributed by atoms with Crippen LogP contribution in [0.15, 0.2) is 69.9 Å². The Balaban J connectivity index is 0.000000226. The van der Waals surface area contributed by atoms with Crippen LogP contribution >= 0.6 is 31.9 Å². The van der Waals surface area contributed by atoms with Crippen LogP contribution in [0.25, 0.3) is 0 Å². The molecule has 0 atom stereocenters. The fourth-order valence-electron chi connectivity index (χ4n) is 2.75. The molecule has 2 aromatic heterocycles. The Kier molecular flexibility index (Phi) is 11.5. The zero-order valence-corrected chi connectivity index (χ0v) is 23.4. The van der Waals surface area contributed by atoms with Crippen molar-refractivity contribution in [2.45, 2.75) is 13.8 Å². The molecule has 0 bridgehead atoms. The summed E-state index contributed by atoms with van der Waals surface area (Å²) in [6.07, 6.45) is 3.14. The van der Waals surface area contributed by atoms with E-state index in [9.17, 15) is 27.2 Å². The van der Waals surface area contributed by atoms with Gasteiger partial charge in [0.15, 0.2) is 23.3 Å². The Hall–Kier alpha value is -3.84. The van der Waals surface area contributed by atoms with E-state index in [0.29, 0.717) is 25.9 Å². The number of carbonyl (C=O) groups is 2. The number of aryl methyl sites for hydroxylation is 2. The van der Waals surface area contributed by atoms with E-state index in [0.717, 1.165) is 24.3 Å². The fraction of sp³-hybridized carbons (Fsp3) is 0.0769. The van der Waals surface area contributed by atoms with Crippen molar-refractivity contribution in [2.24, 2.45) is 0 Å². The van der Waals surface area contributed by atoms with Crippen LogP contribution in [0.2, 0.25) is 0 Å². The van der Waals surface area contributed by atoms with Crippen molar-refractivity contribution in [3.63, 3.8) is 0 Å². The van der Waals surface area contributed by atoms with Crippen LogP contribution < -0.4 is 11.1 Å². The number of nitrogens with zero attached hydrogens (tertiary/aromatic N) is 2. The molecule has 0 saturated heterocycles. The first-order valence-electron chi connectivity index (χ1n) is 10.7. The minimum Gasteiger partial charge on any atom is -0.478 e. The molecule has 4 N–H and O–H groups in total. The molecule has 2 heterocycles. The molecule has 0 aliphatic carbocycles. The molecule has 0 saturated carbocycles. The highest BCUT2D eigenvalue weighted by Crippen LogP contribution is 2.18. The van der Waals surface area contributed by atoms with Gasteiger partial charge >= 0.3 is 5.97 Å². The average Bonchev–Trinajstić information content (AvgIpc) is 2.87. The quantitative estimate of drug-likeness (QED) is 0.158. The number of anilines is 2. The van der Waals surface area contributed by atoms with Gasteiger partial charge in [0.05, 0.1) is 22.5 Å². The summed E-state index contributed by atoms with van der Waals surface area (Å²) in [5.41, 5.74) is 7.20. The summed E-state index contributed by atoms with van der Waals surface area (Å²) in [7, 11) is 0. The predicted molar refractivity (Wildman–Crippen MR) is 145 cm³/mol. The number of halogens is 6. The van der Waals surface area contributed by atoms with Crippen LogP contribution in [0.4, 0.5) is 28.9 Å². The predicted octanol–water partition coefficient (Wildman–Crippen LogP) is 7.08. The highest BCUT2D eigenvalue weighted by molar-refractivity contribution is 9.10. The molecular formula is C26H20Br2F4N4O3. The number of hydrogen-bond donors (Lipinski definition) is 3. The summed E-state index contributed by atoms with van der Waals surface area (Å²) in [5.74, 6) is -5.13. The van der Waals surface area contributed by atoms with Crippen molar-refractivity contribution in [2.75, 3.05) is 11.1 Å². The minimum absolute atomic E-state index is 0.184. The first-order valence-corrected chi connectivity index (χ1v) is 12.3. The van der Waals surface area contributed by atoms with Crippen LogP contribution in [-0.4, -0.2) is 27.0 Å². The van der Waals surface area contributed by atoms with E-state index in [-0.39, 0.29) is 16.9 Å². The van der Waals surface area contributed by atoms with Gasteiger partial charge in [-0.2, -0.15) is 0 Å². The van der Waals surface area contributed by atoms with Gasteiger partial charge in [-0.25, -0.2) is 22.4 Å². The smallest absolute Gasteiger partial charge is 0.337 e. The number of aromatic carboxylic acids is 1. The van der Waals surface area contributed by atoms with Crippen LogP contribution in [0, 0.1) is 37.1 Å². The SMILES string of the molecule is Cc1ncc(Br)cc1C(=O)Nc1ccc(F)c(F)c1.Cc1ncc(Br)cc1C(=O)O.Nc1ccc(F)c(F)c1. The van der Waals surface area contributed by atoms with E-state index >= 15 is 0 Å². The van der Waals surface area contributed by atoms with Gasteiger partial charge in [0.2, 0.25) is 0 Å². The summed E-state index contributed by atoms with van der Waals surface area (Å²) < 4.78 is 51.3. The van der Waals surface area contributed by atoms with Gasteiger partial charge in [-0.05, 0) is 88.2 Å². The molecule has 2 aromatic carbocycles. The second kappa shape index (κ2) is 14.4. The van der Waals surface area contributed by atoms with Crippen molar-refractivity contribution in [1.82, 2.24) is 9.97 Å². The summed E-state index contributed by atoms with van der Waals surface area (Å²) >= 11 is 6.36. The molecule has 0 spiro atoms. The second-order valence-corrected chi connectivity index (χ2v) is 9.47. The third kappa shape index (κ3) is 9.76. The first kappa shape index (κ1) is 31.4. The number of aromatic nitrogens is 2. The van der Waals surface area contributed by atoms with Crippen LogP contribution in [0.3, 0.4) is 0 Å². The molecule has 13 heteroatoms. The van der Waals surface area contributed by atoms with Crippen molar-refractivity contribution in [1.29, 1.82) is 0 Å². The molecule has 0 unspecified atom stereocenters. The largest absolute Gasteiger partial charge is 0.478 e. The van der Waals surface area contributed by atoms with E-state index in [1.54, 1.807) is 32.3 Å². The van der Waals surface area contributed by atoms with Gasteiger partial charge in [-0.1, -0.05) is 0 Å². The van der Waals surface area contributed by atoms with Gasteiger partial charge in [0.1, 0.15) is 0 Å². The molecule has 0 aliphatic heterocycles. The first-order chi connectivity index (χ1) is 18.3. The number of amides is 1. The third-order valence-corrected chi connectivity index (χ3v) is 5.57. The Morgan fingerprint density at radius 3 is 1.72 bits per heavy atom. The summed E-state index contributed by atoms with van der Waals surface area (Å²) in [4.78, 5) is 30.4. The number of carboxylic acids is 1. The highest BCUT2D eigenvalue weighted by atomic mass is 79.9. The van der Waals surface area contributed by atoms with E-state index in [1.807, 2.05) is 0 Å². The Bertz CT molecular complexity index is 1510. The number of pyridine rings is 2. The Morgan fingerprint density at radius 1 is 0.769 bits per heavy atom. The molecule has 1 amide bonds. The lowest BCUT2D eigenvalue weighted by atomic mass is 10.2. The Labute approximate surface area is 237 Å². The normalized spacial score (nSPS) is 9.95. The molecule has 7 nitrogen and oxygen atoms in total. The maximum absolute atomic E-state index is 13.0. The standard InChI is InChI=1S/C13H9BrF2N2O.C7H6BrNO2.C6H5F2N/c1-7-10(4-8(14)6-17-7)13(19)18-9-2-3-11(15)12(16)5-9;1-4-6(7(10)11)2-5(8)3-9-4;7-5-2-1-4(9)3-6(5)8/h2-6H,1H3,(H,18,19);2-3H,1H3,(H,10,11);1-3H,9H2. The molecule has 0 aliphatic rings. The molecular weight excluding hydrogens is 652 g/mol. The van der Waals surface area contributed by atoms with Gasteiger partial charge in [-0.15, -0.1) is 0 Å². The van der Waals surface area contributed by atoms with Crippen molar-refractivity contribution in [3.05, 3.63) is 116 Å². The van der Waals surface area contributed by atoms with Crippen molar-refractivity contribution < 1.29 is 32.3 Å². The molecule has 4 aromatic rings. The Morgan fingerprint density at radius 2 is 1.26 bits per heavy atom. The van der Waals surface area contributed by atoms with E-state index in [2.05, 4.69) is 47.1 Å². The number of carboxylic acid groups (broad SMARTS) is 1. The number of benzene rings is 2. The number of nitrogens with one attached hydrogen (secondary N) is 1. The minimum atomic E-state index is -1.01. The van der Waals surface area contributed by atoms with Crippen LogP contribution in [0.1, 0.15) is 32.1 Å². The number of hydrogen-bond acceptors (Lipinski definition) is 5. The monoisotopic (exact) mass is 670 g/mol. The van der Waals surface area contributed by atoms with Gasteiger partial charge in [-0.3, -0.25) is 14.8 Å². The molecule has 0 fully saturated rings. The summed E-state index contributed by atoms with van der Waals surface area (Å²) in [5, 5.41) is 11.1. The summed E-state index contributed by atoms with van der Waals surface area (Å²) in [6.45, 7) is 3.35. The summed E-state index contributed by atoms with van der Waals surface area (Å²) in [6, 6.07) is 9.54. The van der Waals surface area contributed by atoms with Gasteiger partial charge < -0.3 is 16.2 Å². The number of nitrogens with two attached hydrogens (primary N) is 1. The van der Waals surface area contributed by atoms with E-state index < -0.39 is 35.1 Å². The third-order valence-electron chi connectivity index (χ3n) is 4.70. The molecule has 4 rings (SSSR count). The van der Waals surface area contributed by atoms with E-state index in [4.69, 9.17) is 10.8 Å². The zero-order valence-electron chi connectivity index (χ0n) is 20.3. The highest BCUT2D eigenvalue weighted by Gasteiger charge is 2.12. The van der Waals surface area contributed by atoms with Crippen molar-refractivity contribution in [3.8, 4) is 0 Å². The maximum atomic E-state index is 13.0. The van der Waals surface area contributed by atoms with Gasteiger partial charge in [0, 0.05) is 38.8 Å². The lowest BCUT2D eigenvalue weighted by molar-refractivity contribution is 0.0695. The number of carbonyl (C=O) groups excluding carboxylic acids is 1. The molecule has 39 heavy (non-hydrogen) atoms. The lowest BCUT2D eigenvalue weighted by Crippen LogP contribution is -2.14. The second-order valence-electron chi connectivity index (χ2n) is 7.63. The van der Waals surface area contributed by atoms with Crippen molar-refractivity contribution >= 4 is 55.1 Å². The number of rotatable bonds is 3. The van der Waals surface area contributed by atoms with Crippen LogP contribution in [0.5, 0.6) is 0 Å².